The first kappa shape index (κ1) is 34.7. The highest BCUT2D eigenvalue weighted by atomic mass is 35.5. The first-order valence-electron chi connectivity index (χ1n) is 17.2. The maximum Gasteiger partial charge on any atom is 0.337 e. The number of methoxy groups -OCH3 is 1. The molecule has 2 saturated carbocycles. The number of benzene rings is 3. The number of sulfone groups is 1. The monoisotopic (exact) mass is 735 g/mol. The van der Waals surface area contributed by atoms with Crippen molar-refractivity contribution in [3.8, 4) is 0 Å². The van der Waals surface area contributed by atoms with E-state index in [2.05, 4.69) is 5.32 Å². The van der Waals surface area contributed by atoms with Gasteiger partial charge < -0.3 is 10.1 Å². The number of piperidine rings is 1. The van der Waals surface area contributed by atoms with Crippen molar-refractivity contribution in [1.82, 2.24) is 10.2 Å². The molecule has 12 heteroatoms. The van der Waals surface area contributed by atoms with E-state index in [4.69, 9.17) is 32.9 Å². The average molecular weight is 737 g/mol. The van der Waals surface area contributed by atoms with Gasteiger partial charge in [-0.1, -0.05) is 60.3 Å². The number of ether oxygens (including phenoxy) is 1. The molecule has 1 saturated heterocycles. The molecule has 1 N–H and O–H groups in total. The summed E-state index contributed by atoms with van der Waals surface area (Å²) in [4.78, 5) is 46.8. The molecule has 0 spiro atoms. The van der Waals surface area contributed by atoms with Crippen LogP contribution in [0.5, 0.6) is 0 Å². The fourth-order valence-electron chi connectivity index (χ4n) is 8.69. The van der Waals surface area contributed by atoms with E-state index in [1.54, 1.807) is 23.1 Å². The number of hydrogen-bond donors (Lipinski definition) is 1. The number of amides is 2. The Morgan fingerprint density at radius 2 is 1.62 bits per heavy atom. The van der Waals surface area contributed by atoms with E-state index in [0.717, 1.165) is 36.8 Å². The lowest BCUT2D eigenvalue weighted by Gasteiger charge is -2.37. The third-order valence-corrected chi connectivity index (χ3v) is 13.8. The number of hydrogen-bond acceptors (Lipinski definition) is 7. The van der Waals surface area contributed by atoms with Crippen LogP contribution in [0.1, 0.15) is 78.5 Å². The van der Waals surface area contributed by atoms with Gasteiger partial charge in [0.1, 0.15) is 11.9 Å². The molecular weight excluding hydrogens is 697 g/mol. The Hall–Kier alpha value is -3.73. The van der Waals surface area contributed by atoms with Crippen LogP contribution in [-0.2, 0) is 24.2 Å². The molecule has 7 rings (SSSR count). The minimum Gasteiger partial charge on any atom is -0.465 e. The Kier molecular flexibility index (Phi) is 9.80. The molecular formula is C38H39Cl2N3O6S. The number of carbonyl (C=O) groups is 3. The quantitative estimate of drug-likeness (QED) is 0.261. The summed E-state index contributed by atoms with van der Waals surface area (Å²) in [6.07, 6.45) is 4.34. The van der Waals surface area contributed by atoms with E-state index in [9.17, 15) is 22.8 Å². The number of esters is 1. The highest BCUT2D eigenvalue weighted by Crippen LogP contribution is 2.54. The third-order valence-electron chi connectivity index (χ3n) is 11.0. The number of aliphatic imine (C=N–C) groups is 1. The topological polar surface area (TPSA) is 122 Å². The molecule has 2 amide bonds. The van der Waals surface area contributed by atoms with Gasteiger partial charge in [0, 0.05) is 34.8 Å². The summed E-state index contributed by atoms with van der Waals surface area (Å²) in [6, 6.07) is 19.7. The van der Waals surface area contributed by atoms with Gasteiger partial charge in [-0.25, -0.2) is 13.2 Å². The summed E-state index contributed by atoms with van der Waals surface area (Å²) in [5.74, 6) is -1.29. The van der Waals surface area contributed by atoms with Crippen LogP contribution in [0.4, 0.5) is 0 Å². The summed E-state index contributed by atoms with van der Waals surface area (Å²) < 4.78 is 33.7. The van der Waals surface area contributed by atoms with Crippen LogP contribution in [0.25, 0.3) is 0 Å². The Bertz CT molecular complexity index is 1930. The summed E-state index contributed by atoms with van der Waals surface area (Å²) in [5.41, 5.74) is 1.94. The SMILES string of the molecule is COC(=O)c1ccc(S(=O)(=O)C2CC(C3=NC(c4cccc(Cl)c4)C(c4ccc(Cl)cc4)N3C(=O)C3CCNC(=O)C3)C3CCCCC32)cc1. The zero-order chi connectivity index (χ0) is 35.2. The maximum absolute atomic E-state index is 14.8. The van der Waals surface area contributed by atoms with Crippen molar-refractivity contribution in [3.63, 3.8) is 0 Å². The maximum atomic E-state index is 14.8. The van der Waals surface area contributed by atoms with Crippen molar-refractivity contribution >= 4 is 56.7 Å². The van der Waals surface area contributed by atoms with Gasteiger partial charge in [0.25, 0.3) is 0 Å². The van der Waals surface area contributed by atoms with Crippen LogP contribution in [0, 0.1) is 23.7 Å². The predicted octanol–water partition coefficient (Wildman–Crippen LogP) is 7.00. The number of rotatable bonds is 7. The van der Waals surface area contributed by atoms with E-state index in [1.807, 2.05) is 30.3 Å². The molecule has 0 radical (unpaired) electrons. The van der Waals surface area contributed by atoms with E-state index in [0.29, 0.717) is 35.3 Å². The number of nitrogens with zero attached hydrogens (tertiary/aromatic N) is 2. The zero-order valence-corrected chi connectivity index (χ0v) is 30.0. The Labute approximate surface area is 302 Å². The number of carbonyl (C=O) groups excluding carboxylic acids is 3. The lowest BCUT2D eigenvalue weighted by atomic mass is 9.77. The largest absolute Gasteiger partial charge is 0.465 e. The molecule has 50 heavy (non-hydrogen) atoms. The molecule has 3 fully saturated rings. The van der Waals surface area contributed by atoms with E-state index in [1.165, 1.54) is 31.4 Å². The van der Waals surface area contributed by atoms with Crippen LogP contribution in [-0.4, -0.2) is 55.8 Å². The van der Waals surface area contributed by atoms with Crippen molar-refractivity contribution in [3.05, 3.63) is 99.5 Å². The molecule has 9 nitrogen and oxygen atoms in total. The van der Waals surface area contributed by atoms with Crippen LogP contribution in [0.2, 0.25) is 10.0 Å². The minimum absolute atomic E-state index is 0.00875. The van der Waals surface area contributed by atoms with Crippen molar-refractivity contribution < 1.29 is 27.5 Å². The first-order valence-corrected chi connectivity index (χ1v) is 19.5. The van der Waals surface area contributed by atoms with Crippen molar-refractivity contribution in [2.24, 2.45) is 28.7 Å². The van der Waals surface area contributed by atoms with Crippen LogP contribution >= 0.6 is 23.2 Å². The van der Waals surface area contributed by atoms with Gasteiger partial charge >= 0.3 is 5.97 Å². The van der Waals surface area contributed by atoms with Gasteiger partial charge in [0.2, 0.25) is 11.8 Å². The molecule has 0 bridgehead atoms. The molecule has 4 aliphatic rings. The fourth-order valence-corrected chi connectivity index (χ4v) is 11.1. The van der Waals surface area contributed by atoms with Gasteiger partial charge in [0.05, 0.1) is 28.9 Å². The highest BCUT2D eigenvalue weighted by Gasteiger charge is 2.55. The summed E-state index contributed by atoms with van der Waals surface area (Å²) >= 11 is 12.8. The lowest BCUT2D eigenvalue weighted by Crippen LogP contribution is -2.48. The predicted molar refractivity (Wildman–Crippen MR) is 191 cm³/mol. The molecule has 2 heterocycles. The second kappa shape index (κ2) is 14.1. The molecule has 0 aromatic heterocycles. The Morgan fingerprint density at radius 1 is 0.900 bits per heavy atom. The normalized spacial score (nSPS) is 28.1. The van der Waals surface area contributed by atoms with Crippen molar-refractivity contribution in [1.29, 1.82) is 0 Å². The van der Waals surface area contributed by atoms with Gasteiger partial charge in [-0.3, -0.25) is 19.5 Å². The lowest BCUT2D eigenvalue weighted by molar-refractivity contribution is -0.138. The number of halogens is 2. The molecule has 3 aromatic carbocycles. The second-order valence-corrected chi connectivity index (χ2v) is 16.8. The highest BCUT2D eigenvalue weighted by molar-refractivity contribution is 7.92. The van der Waals surface area contributed by atoms with E-state index in [-0.39, 0.29) is 46.4 Å². The standard InChI is InChI=1S/C38H39Cl2N3O6S/c1-49-38(46)23-11-15-28(16-12-23)50(47,48)32-21-31(29-7-2-3-8-30(29)32)36-42-34(24-5-4-6-27(40)19-24)35(22-9-13-26(39)14-10-22)43(36)37(45)25-17-18-41-33(44)20-25/h4-6,9-16,19,25,29-32,34-35H,2-3,7-8,17-18,20-21H2,1H3,(H,41,44). The number of nitrogens with one attached hydrogen (secondary N) is 1. The molecule has 2 aliphatic carbocycles. The molecule has 2 aliphatic heterocycles. The smallest absolute Gasteiger partial charge is 0.337 e. The molecule has 7 atom stereocenters. The summed E-state index contributed by atoms with van der Waals surface area (Å²) in [7, 11) is -2.54. The van der Waals surface area contributed by atoms with Crippen LogP contribution < -0.4 is 5.32 Å². The minimum atomic E-state index is -3.82. The second-order valence-electron chi connectivity index (χ2n) is 13.8. The van der Waals surface area contributed by atoms with Crippen LogP contribution in [0.3, 0.4) is 0 Å². The van der Waals surface area contributed by atoms with Gasteiger partial charge in [-0.05, 0) is 97.2 Å². The third kappa shape index (κ3) is 6.46. The zero-order valence-electron chi connectivity index (χ0n) is 27.6. The fraction of sp³-hybridized carbons (Fsp3) is 0.421. The van der Waals surface area contributed by atoms with Crippen molar-refractivity contribution in [2.75, 3.05) is 13.7 Å². The van der Waals surface area contributed by atoms with Crippen LogP contribution in [0.15, 0.2) is 82.7 Å². The van der Waals surface area contributed by atoms with Gasteiger partial charge in [0.15, 0.2) is 9.84 Å². The number of amidine groups is 1. The average Bonchev–Trinajstić information content (AvgIpc) is 3.71. The van der Waals surface area contributed by atoms with E-state index < -0.39 is 39.1 Å². The Morgan fingerprint density at radius 3 is 2.30 bits per heavy atom. The summed E-state index contributed by atoms with van der Waals surface area (Å²) in [5, 5.41) is 3.25. The van der Waals surface area contributed by atoms with Gasteiger partial charge in [-0.2, -0.15) is 0 Å². The Balaban J connectivity index is 1.33. The van der Waals surface area contributed by atoms with E-state index >= 15 is 0 Å². The molecule has 3 aromatic rings. The molecule has 262 valence electrons. The van der Waals surface area contributed by atoms with Crippen molar-refractivity contribution in [2.45, 2.75) is 67.2 Å². The summed E-state index contributed by atoms with van der Waals surface area (Å²) in [6.45, 7) is 0.405. The number of fused-ring (bicyclic) bond motifs is 1. The molecule has 7 unspecified atom stereocenters. The van der Waals surface area contributed by atoms with Gasteiger partial charge in [-0.15, -0.1) is 0 Å². The first-order chi connectivity index (χ1) is 24.1.